The molecule has 1 aromatic carbocycles. The monoisotopic (exact) mass is 569 g/mol. The standard InChI is InChI=1S/C30H40FN5O5/c1-19(2)24-18-32-26-23(35(28(38)41-30(6,7)8)21-11-9-10-20(31)16-21)17-25(33-36(24)26)39-22-12-14-34(15-13-22)27(37)40-29(3,4)5/h9-11,16-19,22H,12-15H2,1-8H3. The van der Waals surface area contributed by atoms with Crippen LogP contribution in [0.2, 0.25) is 0 Å². The molecule has 0 N–H and O–H groups in total. The van der Waals surface area contributed by atoms with Gasteiger partial charge < -0.3 is 19.1 Å². The zero-order valence-electron chi connectivity index (χ0n) is 25.1. The molecule has 4 rings (SSSR count). The van der Waals surface area contributed by atoms with E-state index in [2.05, 4.69) is 4.98 Å². The fourth-order valence-electron chi connectivity index (χ4n) is 4.48. The van der Waals surface area contributed by atoms with E-state index in [1.165, 1.54) is 23.1 Å². The third kappa shape index (κ3) is 7.45. The normalized spacial score (nSPS) is 14.8. The Labute approximate surface area is 240 Å². The van der Waals surface area contributed by atoms with Crippen molar-refractivity contribution in [3.05, 3.63) is 48.0 Å². The molecule has 1 fully saturated rings. The molecular weight excluding hydrogens is 529 g/mol. The lowest BCUT2D eigenvalue weighted by molar-refractivity contribution is 0.0122. The summed E-state index contributed by atoms with van der Waals surface area (Å²) in [4.78, 5) is 33.6. The number of amides is 2. The number of fused-ring (bicyclic) bond motifs is 1. The molecule has 222 valence electrons. The quantitative estimate of drug-likeness (QED) is 0.332. The van der Waals surface area contributed by atoms with Crippen molar-refractivity contribution in [1.29, 1.82) is 0 Å². The molecule has 10 nitrogen and oxygen atoms in total. The van der Waals surface area contributed by atoms with Gasteiger partial charge in [0, 0.05) is 32.0 Å². The molecule has 3 heterocycles. The maximum atomic E-state index is 14.4. The van der Waals surface area contributed by atoms with Crippen molar-refractivity contribution in [2.45, 2.75) is 91.5 Å². The minimum Gasteiger partial charge on any atom is -0.473 e. The largest absolute Gasteiger partial charge is 0.473 e. The summed E-state index contributed by atoms with van der Waals surface area (Å²) in [6.45, 7) is 15.8. The minimum absolute atomic E-state index is 0.0711. The summed E-state index contributed by atoms with van der Waals surface area (Å²) in [6, 6.07) is 7.36. The summed E-state index contributed by atoms with van der Waals surface area (Å²) < 4.78 is 33.6. The number of imidazole rings is 1. The second-order valence-corrected chi connectivity index (χ2v) is 12.5. The summed E-state index contributed by atoms with van der Waals surface area (Å²) in [6.07, 6.45) is 1.60. The molecule has 1 aliphatic rings. The van der Waals surface area contributed by atoms with E-state index >= 15 is 0 Å². The van der Waals surface area contributed by atoms with E-state index in [9.17, 15) is 14.0 Å². The molecule has 1 saturated heterocycles. The summed E-state index contributed by atoms with van der Waals surface area (Å²) in [7, 11) is 0. The Balaban J connectivity index is 1.70. The first-order valence-corrected chi connectivity index (χ1v) is 13.9. The maximum absolute atomic E-state index is 14.4. The van der Waals surface area contributed by atoms with Crippen LogP contribution in [-0.2, 0) is 9.47 Å². The molecule has 0 aliphatic carbocycles. The lowest BCUT2D eigenvalue weighted by Gasteiger charge is -2.33. The van der Waals surface area contributed by atoms with Gasteiger partial charge in [-0.15, -0.1) is 5.10 Å². The molecule has 0 bridgehead atoms. The van der Waals surface area contributed by atoms with E-state index in [0.717, 1.165) is 5.69 Å². The van der Waals surface area contributed by atoms with E-state index in [1.54, 1.807) is 48.5 Å². The van der Waals surface area contributed by atoms with E-state index < -0.39 is 23.1 Å². The van der Waals surface area contributed by atoms with E-state index in [0.29, 0.717) is 37.3 Å². The zero-order valence-corrected chi connectivity index (χ0v) is 25.1. The molecule has 0 atom stereocenters. The van der Waals surface area contributed by atoms with Gasteiger partial charge in [-0.3, -0.25) is 0 Å². The Morgan fingerprint density at radius 2 is 1.68 bits per heavy atom. The highest BCUT2D eigenvalue weighted by Gasteiger charge is 2.31. The first-order chi connectivity index (χ1) is 19.1. The molecule has 41 heavy (non-hydrogen) atoms. The fraction of sp³-hybridized carbons (Fsp3) is 0.533. The van der Waals surface area contributed by atoms with Crippen LogP contribution in [0.1, 0.15) is 79.8 Å². The van der Waals surface area contributed by atoms with Gasteiger partial charge in [0.15, 0.2) is 5.65 Å². The Hall–Kier alpha value is -3.89. The van der Waals surface area contributed by atoms with Crippen LogP contribution in [0.4, 0.5) is 25.4 Å². The van der Waals surface area contributed by atoms with Crippen molar-refractivity contribution in [2.75, 3.05) is 18.0 Å². The summed E-state index contributed by atoms with van der Waals surface area (Å²) in [5, 5.41) is 4.72. The molecule has 0 saturated carbocycles. The van der Waals surface area contributed by atoms with Gasteiger partial charge in [-0.1, -0.05) is 19.9 Å². The summed E-state index contributed by atoms with van der Waals surface area (Å²) in [5.41, 5.74) is 0.462. The van der Waals surface area contributed by atoms with Crippen molar-refractivity contribution < 1.29 is 28.2 Å². The highest BCUT2D eigenvalue weighted by molar-refractivity contribution is 6.00. The average Bonchev–Trinajstić information content (AvgIpc) is 3.27. The van der Waals surface area contributed by atoms with Gasteiger partial charge in [-0.05, 0) is 65.7 Å². The molecule has 3 aromatic rings. The predicted octanol–water partition coefficient (Wildman–Crippen LogP) is 6.84. The van der Waals surface area contributed by atoms with Crippen LogP contribution >= 0.6 is 0 Å². The fourth-order valence-corrected chi connectivity index (χ4v) is 4.48. The highest BCUT2D eigenvalue weighted by Crippen LogP contribution is 2.35. The van der Waals surface area contributed by atoms with Crippen LogP contribution in [0, 0.1) is 5.82 Å². The van der Waals surface area contributed by atoms with Crippen molar-refractivity contribution >= 4 is 29.2 Å². The Morgan fingerprint density at radius 3 is 2.27 bits per heavy atom. The Bertz CT molecular complexity index is 1400. The van der Waals surface area contributed by atoms with Gasteiger partial charge in [0.25, 0.3) is 0 Å². The molecule has 11 heteroatoms. The number of ether oxygens (including phenoxy) is 3. The predicted molar refractivity (Wildman–Crippen MR) is 153 cm³/mol. The van der Waals surface area contributed by atoms with E-state index in [1.807, 2.05) is 34.6 Å². The van der Waals surface area contributed by atoms with Crippen LogP contribution in [0.3, 0.4) is 0 Å². The van der Waals surface area contributed by atoms with Crippen LogP contribution in [0.15, 0.2) is 36.5 Å². The number of carbonyl (C=O) groups is 2. The van der Waals surface area contributed by atoms with Crippen molar-refractivity contribution in [1.82, 2.24) is 19.5 Å². The number of hydrogen-bond acceptors (Lipinski definition) is 7. The lowest BCUT2D eigenvalue weighted by atomic mass is 10.1. The van der Waals surface area contributed by atoms with Gasteiger partial charge in [0.1, 0.15) is 28.8 Å². The number of benzene rings is 1. The molecule has 2 amide bonds. The maximum Gasteiger partial charge on any atom is 0.419 e. The number of carbonyl (C=O) groups excluding carboxylic acids is 2. The highest BCUT2D eigenvalue weighted by atomic mass is 19.1. The van der Waals surface area contributed by atoms with Gasteiger partial charge in [0.05, 0.1) is 17.6 Å². The smallest absolute Gasteiger partial charge is 0.419 e. The zero-order chi connectivity index (χ0) is 30.1. The molecule has 0 spiro atoms. The van der Waals surface area contributed by atoms with Crippen LogP contribution in [0.5, 0.6) is 5.88 Å². The molecule has 1 aliphatic heterocycles. The first kappa shape index (κ1) is 30.1. The second-order valence-electron chi connectivity index (χ2n) is 12.5. The third-order valence-electron chi connectivity index (χ3n) is 6.31. The van der Waals surface area contributed by atoms with Crippen molar-refractivity contribution in [3.63, 3.8) is 0 Å². The number of nitrogens with zero attached hydrogens (tertiary/aromatic N) is 5. The van der Waals surface area contributed by atoms with Crippen molar-refractivity contribution in [3.8, 4) is 5.88 Å². The van der Waals surface area contributed by atoms with Gasteiger partial charge in [-0.2, -0.15) is 0 Å². The lowest BCUT2D eigenvalue weighted by Crippen LogP contribution is -2.44. The van der Waals surface area contributed by atoms with Crippen LogP contribution in [0.25, 0.3) is 5.65 Å². The van der Waals surface area contributed by atoms with Crippen LogP contribution in [-0.4, -0.2) is 62.1 Å². The molecular formula is C30H40FN5O5. The molecule has 0 radical (unpaired) electrons. The van der Waals surface area contributed by atoms with Gasteiger partial charge >= 0.3 is 12.2 Å². The number of piperidine rings is 1. The van der Waals surface area contributed by atoms with Gasteiger partial charge in [0.2, 0.25) is 5.88 Å². The number of anilines is 2. The van der Waals surface area contributed by atoms with Crippen molar-refractivity contribution in [2.24, 2.45) is 0 Å². The summed E-state index contributed by atoms with van der Waals surface area (Å²) in [5.74, 6) is -0.157. The van der Waals surface area contributed by atoms with Gasteiger partial charge in [-0.25, -0.2) is 28.4 Å². The Morgan fingerprint density at radius 1 is 1.02 bits per heavy atom. The minimum atomic E-state index is -0.800. The average molecular weight is 570 g/mol. The number of halogens is 1. The third-order valence-corrected chi connectivity index (χ3v) is 6.31. The van der Waals surface area contributed by atoms with E-state index in [4.69, 9.17) is 19.3 Å². The molecule has 2 aromatic heterocycles. The second kappa shape index (κ2) is 11.5. The number of hydrogen-bond donors (Lipinski definition) is 0. The van der Waals surface area contributed by atoms with E-state index in [-0.39, 0.29) is 29.7 Å². The first-order valence-electron chi connectivity index (χ1n) is 13.9. The Kier molecular flexibility index (Phi) is 8.46. The molecule has 0 unspecified atom stereocenters. The van der Waals surface area contributed by atoms with Crippen LogP contribution < -0.4 is 9.64 Å². The SMILES string of the molecule is CC(C)c1cnc2c(N(C(=O)OC(C)(C)C)c3cccc(F)c3)cc(OC3CCN(C(=O)OC(C)(C)C)CC3)nn12. The number of aromatic nitrogens is 3. The topological polar surface area (TPSA) is 98.5 Å². The summed E-state index contributed by atoms with van der Waals surface area (Å²) >= 11 is 0. The number of likely N-dealkylation sites (tertiary alicyclic amines) is 1. The number of rotatable bonds is 5.